The lowest BCUT2D eigenvalue weighted by Gasteiger charge is -2.21. The van der Waals surface area contributed by atoms with Crippen LogP contribution in [0, 0.1) is 11.8 Å². The molecule has 1 unspecified atom stereocenters. The lowest BCUT2D eigenvalue weighted by atomic mass is 10.1. The van der Waals surface area contributed by atoms with E-state index in [-0.39, 0.29) is 0 Å². The molecule has 1 amide bonds. The molecule has 1 saturated carbocycles. The van der Waals surface area contributed by atoms with Gasteiger partial charge in [0.2, 0.25) is 5.91 Å². The van der Waals surface area contributed by atoms with Gasteiger partial charge in [-0.05, 0) is 55.7 Å². The second-order valence-corrected chi connectivity index (χ2v) is 7.70. The zero-order chi connectivity index (χ0) is 15.6. The van der Waals surface area contributed by atoms with Crippen molar-refractivity contribution in [1.29, 1.82) is 0 Å². The predicted molar refractivity (Wildman–Crippen MR) is 92.3 cm³/mol. The van der Waals surface area contributed by atoms with E-state index in [1.807, 2.05) is 0 Å². The Labute approximate surface area is 139 Å². The van der Waals surface area contributed by atoms with Gasteiger partial charge in [0, 0.05) is 25.0 Å². The van der Waals surface area contributed by atoms with Crippen LogP contribution in [0.4, 0.5) is 0 Å². The molecule has 0 aromatic heterocycles. The SMILES string of the molecule is O=C(C1CCCC1)N1CCC(NCC2Cc3ccccc3C2)C1. The molecule has 1 saturated heterocycles. The Bertz CT molecular complexity index is 540. The monoisotopic (exact) mass is 312 g/mol. The fraction of sp³-hybridized carbons (Fsp3) is 0.650. The molecule has 1 aromatic carbocycles. The molecule has 124 valence electrons. The molecule has 4 rings (SSSR count). The lowest BCUT2D eigenvalue weighted by Crippen LogP contribution is -2.39. The number of likely N-dealkylation sites (tertiary alicyclic amines) is 1. The van der Waals surface area contributed by atoms with E-state index in [2.05, 4.69) is 34.5 Å². The minimum atomic E-state index is 0.332. The third-order valence-corrected chi connectivity index (χ3v) is 6.04. The van der Waals surface area contributed by atoms with E-state index in [9.17, 15) is 4.79 Å². The Balaban J connectivity index is 1.23. The summed E-state index contributed by atoms with van der Waals surface area (Å²) >= 11 is 0. The maximum absolute atomic E-state index is 12.5. The highest BCUT2D eigenvalue weighted by atomic mass is 16.2. The van der Waals surface area contributed by atoms with Gasteiger partial charge in [-0.2, -0.15) is 0 Å². The van der Waals surface area contributed by atoms with E-state index < -0.39 is 0 Å². The van der Waals surface area contributed by atoms with Gasteiger partial charge in [-0.1, -0.05) is 37.1 Å². The van der Waals surface area contributed by atoms with Crippen molar-refractivity contribution in [1.82, 2.24) is 10.2 Å². The third kappa shape index (κ3) is 3.30. The predicted octanol–water partition coefficient (Wildman–Crippen LogP) is 2.78. The zero-order valence-corrected chi connectivity index (χ0v) is 14.0. The van der Waals surface area contributed by atoms with Crippen LogP contribution < -0.4 is 5.32 Å². The van der Waals surface area contributed by atoms with Crippen molar-refractivity contribution >= 4 is 5.91 Å². The summed E-state index contributed by atoms with van der Waals surface area (Å²) in [6.45, 7) is 2.97. The van der Waals surface area contributed by atoms with E-state index in [1.54, 1.807) is 0 Å². The molecule has 0 radical (unpaired) electrons. The van der Waals surface area contributed by atoms with Gasteiger partial charge in [0.15, 0.2) is 0 Å². The van der Waals surface area contributed by atoms with Crippen molar-refractivity contribution in [3.05, 3.63) is 35.4 Å². The average Bonchev–Trinajstić information content (AvgIpc) is 3.31. The summed E-state index contributed by atoms with van der Waals surface area (Å²) in [5, 5.41) is 3.74. The first kappa shape index (κ1) is 15.2. The molecule has 0 bridgehead atoms. The molecule has 1 atom stereocenters. The van der Waals surface area contributed by atoms with Crippen LogP contribution >= 0.6 is 0 Å². The number of nitrogens with one attached hydrogen (secondary N) is 1. The maximum Gasteiger partial charge on any atom is 0.225 e. The molecule has 2 aliphatic carbocycles. The van der Waals surface area contributed by atoms with Gasteiger partial charge in [0.25, 0.3) is 0 Å². The number of nitrogens with zero attached hydrogens (tertiary/aromatic N) is 1. The molecule has 1 N–H and O–H groups in total. The molecule has 0 spiro atoms. The first-order valence-electron chi connectivity index (χ1n) is 9.38. The maximum atomic E-state index is 12.5. The number of fused-ring (bicyclic) bond motifs is 1. The van der Waals surface area contributed by atoms with Crippen molar-refractivity contribution in [3.8, 4) is 0 Å². The molecule has 3 nitrogen and oxygen atoms in total. The number of benzene rings is 1. The Hall–Kier alpha value is -1.35. The Morgan fingerprint density at radius 3 is 2.48 bits per heavy atom. The molecule has 1 heterocycles. The van der Waals surface area contributed by atoms with Crippen molar-refractivity contribution in [2.75, 3.05) is 19.6 Å². The number of rotatable bonds is 4. The number of amides is 1. The van der Waals surface area contributed by atoms with E-state index in [4.69, 9.17) is 0 Å². The van der Waals surface area contributed by atoms with Gasteiger partial charge < -0.3 is 10.2 Å². The summed E-state index contributed by atoms with van der Waals surface area (Å²) in [6.07, 6.45) is 8.27. The fourth-order valence-corrected chi connectivity index (χ4v) is 4.69. The van der Waals surface area contributed by atoms with Crippen molar-refractivity contribution in [2.45, 2.75) is 51.0 Å². The van der Waals surface area contributed by atoms with Crippen LogP contribution in [-0.2, 0) is 17.6 Å². The summed E-state index contributed by atoms with van der Waals surface area (Å²) in [7, 11) is 0. The van der Waals surface area contributed by atoms with Crippen LogP contribution in [0.15, 0.2) is 24.3 Å². The summed E-state index contributed by atoms with van der Waals surface area (Å²) < 4.78 is 0. The van der Waals surface area contributed by atoms with Gasteiger partial charge in [-0.25, -0.2) is 0 Å². The van der Waals surface area contributed by atoms with Gasteiger partial charge in [-0.15, -0.1) is 0 Å². The van der Waals surface area contributed by atoms with Crippen molar-refractivity contribution in [3.63, 3.8) is 0 Å². The van der Waals surface area contributed by atoms with E-state index >= 15 is 0 Å². The smallest absolute Gasteiger partial charge is 0.225 e. The number of carbonyl (C=O) groups is 1. The van der Waals surface area contributed by atoms with E-state index in [1.165, 1.54) is 36.8 Å². The van der Waals surface area contributed by atoms with Gasteiger partial charge >= 0.3 is 0 Å². The van der Waals surface area contributed by atoms with Crippen LogP contribution in [0.25, 0.3) is 0 Å². The van der Waals surface area contributed by atoms with E-state index in [0.29, 0.717) is 17.9 Å². The summed E-state index contributed by atoms with van der Waals surface area (Å²) in [5.41, 5.74) is 3.06. The molecule has 1 aromatic rings. The Morgan fingerprint density at radius 1 is 1.09 bits per heavy atom. The van der Waals surface area contributed by atoms with Crippen LogP contribution in [0.3, 0.4) is 0 Å². The topological polar surface area (TPSA) is 32.3 Å². The zero-order valence-electron chi connectivity index (χ0n) is 14.0. The van der Waals surface area contributed by atoms with Gasteiger partial charge in [-0.3, -0.25) is 4.79 Å². The molecule has 3 aliphatic rings. The highest BCUT2D eigenvalue weighted by molar-refractivity contribution is 5.79. The fourth-order valence-electron chi connectivity index (χ4n) is 4.69. The Kier molecular flexibility index (Phi) is 4.39. The summed E-state index contributed by atoms with van der Waals surface area (Å²) in [5.74, 6) is 1.49. The molecular weight excluding hydrogens is 284 g/mol. The first-order chi connectivity index (χ1) is 11.3. The normalized spacial score (nSPS) is 25.2. The third-order valence-electron chi connectivity index (χ3n) is 6.04. The molecule has 23 heavy (non-hydrogen) atoms. The largest absolute Gasteiger partial charge is 0.341 e. The number of carbonyl (C=O) groups excluding carboxylic acids is 1. The van der Waals surface area contributed by atoms with Crippen LogP contribution in [0.1, 0.15) is 43.2 Å². The minimum absolute atomic E-state index is 0.332. The summed E-state index contributed by atoms with van der Waals surface area (Å²) in [6, 6.07) is 9.35. The minimum Gasteiger partial charge on any atom is -0.341 e. The quantitative estimate of drug-likeness (QED) is 0.927. The summed E-state index contributed by atoms with van der Waals surface area (Å²) in [4.78, 5) is 14.6. The second-order valence-electron chi connectivity index (χ2n) is 7.70. The molecular formula is C20H28N2O. The highest BCUT2D eigenvalue weighted by Gasteiger charge is 2.32. The lowest BCUT2D eigenvalue weighted by molar-refractivity contribution is -0.134. The Morgan fingerprint density at radius 2 is 1.78 bits per heavy atom. The van der Waals surface area contributed by atoms with Crippen LogP contribution in [0.5, 0.6) is 0 Å². The standard InChI is InChI=1S/C20H28N2O/c23-20(16-5-1-2-6-16)22-10-9-19(14-22)21-13-15-11-17-7-3-4-8-18(17)12-15/h3-4,7-8,15-16,19,21H,1-2,5-6,9-14H2. The second kappa shape index (κ2) is 6.64. The van der Waals surface area contributed by atoms with Crippen LogP contribution in [-0.4, -0.2) is 36.5 Å². The number of hydrogen-bond donors (Lipinski definition) is 1. The van der Waals surface area contributed by atoms with E-state index in [0.717, 1.165) is 44.8 Å². The molecule has 2 fully saturated rings. The van der Waals surface area contributed by atoms with Crippen molar-refractivity contribution in [2.24, 2.45) is 11.8 Å². The molecule has 1 aliphatic heterocycles. The molecule has 3 heteroatoms. The van der Waals surface area contributed by atoms with Gasteiger partial charge in [0.05, 0.1) is 0 Å². The first-order valence-corrected chi connectivity index (χ1v) is 9.38. The van der Waals surface area contributed by atoms with Crippen molar-refractivity contribution < 1.29 is 4.79 Å². The number of hydrogen-bond acceptors (Lipinski definition) is 2. The average molecular weight is 312 g/mol. The van der Waals surface area contributed by atoms with Crippen LogP contribution in [0.2, 0.25) is 0 Å². The highest BCUT2D eigenvalue weighted by Crippen LogP contribution is 2.28. The van der Waals surface area contributed by atoms with Gasteiger partial charge in [0.1, 0.15) is 0 Å².